The van der Waals surface area contributed by atoms with Crippen LogP contribution in [0.3, 0.4) is 0 Å². The topological polar surface area (TPSA) is 32.8 Å². The van der Waals surface area contributed by atoms with Gasteiger partial charge >= 0.3 is 0 Å². The van der Waals surface area contributed by atoms with Gasteiger partial charge in [-0.3, -0.25) is 9.69 Å². The highest BCUT2D eigenvalue weighted by Crippen LogP contribution is 2.21. The van der Waals surface area contributed by atoms with Crippen LogP contribution in [0.2, 0.25) is 5.02 Å². The number of methoxy groups -OCH3 is 1. The number of carbonyl (C=O) groups is 1. The SMILES string of the molecule is COc1ccc(CN(C)CC(=O)N(C)C(C)c2ccc(Cl)cc2)cc1F. The van der Waals surface area contributed by atoms with E-state index in [9.17, 15) is 9.18 Å². The van der Waals surface area contributed by atoms with Crippen molar-refractivity contribution in [2.45, 2.75) is 19.5 Å². The van der Waals surface area contributed by atoms with E-state index in [4.69, 9.17) is 16.3 Å². The number of amides is 1. The maximum absolute atomic E-state index is 13.8. The number of likely N-dealkylation sites (N-methyl/N-ethyl adjacent to an activating group) is 2. The van der Waals surface area contributed by atoms with Crippen LogP contribution in [-0.2, 0) is 11.3 Å². The van der Waals surface area contributed by atoms with Gasteiger partial charge in [-0.25, -0.2) is 4.39 Å². The molecule has 2 aromatic rings. The number of nitrogens with zero attached hydrogens (tertiary/aromatic N) is 2. The summed E-state index contributed by atoms with van der Waals surface area (Å²) in [6.45, 7) is 2.68. The fourth-order valence-corrected chi connectivity index (χ4v) is 2.83. The van der Waals surface area contributed by atoms with Crippen molar-refractivity contribution in [3.05, 3.63) is 64.4 Å². The molecule has 2 rings (SSSR count). The van der Waals surface area contributed by atoms with Gasteiger partial charge in [0.15, 0.2) is 11.6 Å². The van der Waals surface area contributed by atoms with Crippen molar-refractivity contribution in [2.75, 3.05) is 27.7 Å². The smallest absolute Gasteiger partial charge is 0.236 e. The lowest BCUT2D eigenvalue weighted by Crippen LogP contribution is -2.37. The molecule has 140 valence electrons. The molecule has 0 saturated heterocycles. The Kier molecular flexibility index (Phi) is 7.00. The monoisotopic (exact) mass is 378 g/mol. The normalized spacial score (nSPS) is 12.1. The van der Waals surface area contributed by atoms with Crippen molar-refractivity contribution in [3.63, 3.8) is 0 Å². The van der Waals surface area contributed by atoms with E-state index in [1.807, 2.05) is 43.1 Å². The molecule has 0 saturated carbocycles. The molecule has 0 radical (unpaired) electrons. The third-order valence-corrected chi connectivity index (χ3v) is 4.65. The zero-order chi connectivity index (χ0) is 19.3. The number of halogens is 2. The zero-order valence-electron chi connectivity index (χ0n) is 15.5. The third kappa shape index (κ3) is 5.19. The van der Waals surface area contributed by atoms with Crippen molar-refractivity contribution in [2.24, 2.45) is 0 Å². The predicted octanol–water partition coefficient (Wildman–Crippen LogP) is 4.14. The van der Waals surface area contributed by atoms with Crippen molar-refractivity contribution >= 4 is 17.5 Å². The van der Waals surface area contributed by atoms with Crippen molar-refractivity contribution < 1.29 is 13.9 Å². The van der Waals surface area contributed by atoms with Crippen molar-refractivity contribution in [1.29, 1.82) is 0 Å². The summed E-state index contributed by atoms with van der Waals surface area (Å²) in [7, 11) is 5.05. The first kappa shape index (κ1) is 20.2. The molecule has 4 nitrogen and oxygen atoms in total. The van der Waals surface area contributed by atoms with E-state index in [-0.39, 0.29) is 24.2 Å². The van der Waals surface area contributed by atoms with Crippen LogP contribution >= 0.6 is 11.6 Å². The number of benzene rings is 2. The highest BCUT2D eigenvalue weighted by molar-refractivity contribution is 6.30. The second-order valence-corrected chi connectivity index (χ2v) is 6.81. The zero-order valence-corrected chi connectivity index (χ0v) is 16.3. The molecule has 1 unspecified atom stereocenters. The number of hydrogen-bond donors (Lipinski definition) is 0. The molecular formula is C20H24ClFN2O2. The van der Waals surface area contributed by atoms with Crippen LogP contribution < -0.4 is 4.74 Å². The van der Waals surface area contributed by atoms with Gasteiger partial charge in [0.2, 0.25) is 5.91 Å². The lowest BCUT2D eigenvalue weighted by Gasteiger charge is -2.27. The van der Waals surface area contributed by atoms with Gasteiger partial charge in [0.25, 0.3) is 0 Å². The first-order valence-corrected chi connectivity index (χ1v) is 8.71. The Hall–Kier alpha value is -2.11. The lowest BCUT2D eigenvalue weighted by molar-refractivity contribution is -0.132. The number of hydrogen-bond acceptors (Lipinski definition) is 3. The molecule has 1 amide bonds. The summed E-state index contributed by atoms with van der Waals surface area (Å²) in [6, 6.07) is 12.2. The highest BCUT2D eigenvalue weighted by atomic mass is 35.5. The van der Waals surface area contributed by atoms with E-state index in [1.165, 1.54) is 13.2 Å². The summed E-state index contributed by atoms with van der Waals surface area (Å²) in [6.07, 6.45) is 0. The summed E-state index contributed by atoms with van der Waals surface area (Å²) >= 11 is 5.91. The second-order valence-electron chi connectivity index (χ2n) is 6.37. The van der Waals surface area contributed by atoms with Crippen molar-refractivity contribution in [1.82, 2.24) is 9.80 Å². The highest BCUT2D eigenvalue weighted by Gasteiger charge is 2.19. The van der Waals surface area contributed by atoms with Gasteiger partial charge in [-0.15, -0.1) is 0 Å². The van der Waals surface area contributed by atoms with Crippen molar-refractivity contribution in [3.8, 4) is 5.75 Å². The van der Waals surface area contributed by atoms with Gasteiger partial charge in [0, 0.05) is 18.6 Å². The minimum atomic E-state index is -0.404. The Morgan fingerprint density at radius 2 is 1.85 bits per heavy atom. The number of ether oxygens (including phenoxy) is 1. The molecular weight excluding hydrogens is 355 g/mol. The Morgan fingerprint density at radius 1 is 1.19 bits per heavy atom. The van der Waals surface area contributed by atoms with Crippen LogP contribution in [0, 0.1) is 5.82 Å². The summed E-state index contributed by atoms with van der Waals surface area (Å²) in [4.78, 5) is 16.1. The number of rotatable bonds is 7. The molecule has 0 N–H and O–H groups in total. The lowest BCUT2D eigenvalue weighted by atomic mass is 10.1. The van der Waals surface area contributed by atoms with Crippen LogP contribution in [-0.4, -0.2) is 43.5 Å². The van der Waals surface area contributed by atoms with Gasteiger partial charge in [0.1, 0.15) is 0 Å². The summed E-state index contributed by atoms with van der Waals surface area (Å²) in [5, 5.41) is 0.668. The molecule has 6 heteroatoms. The van der Waals surface area contributed by atoms with E-state index in [2.05, 4.69) is 0 Å². The van der Waals surface area contributed by atoms with Crippen LogP contribution in [0.4, 0.5) is 4.39 Å². The van der Waals surface area contributed by atoms with Gasteiger partial charge in [-0.1, -0.05) is 29.8 Å². The maximum atomic E-state index is 13.8. The molecule has 0 aliphatic heterocycles. The largest absolute Gasteiger partial charge is 0.494 e. The van der Waals surface area contributed by atoms with Crippen LogP contribution in [0.1, 0.15) is 24.1 Å². The average Bonchev–Trinajstić information content (AvgIpc) is 2.61. The minimum absolute atomic E-state index is 0.0102. The Labute approximate surface area is 159 Å². The second kappa shape index (κ2) is 9.01. The van der Waals surface area contributed by atoms with Crippen LogP contribution in [0.5, 0.6) is 5.75 Å². The predicted molar refractivity (Wildman–Crippen MR) is 102 cm³/mol. The maximum Gasteiger partial charge on any atom is 0.236 e. The Bertz CT molecular complexity index is 752. The van der Waals surface area contributed by atoms with Gasteiger partial charge in [-0.05, 0) is 49.4 Å². The van der Waals surface area contributed by atoms with E-state index in [0.29, 0.717) is 11.6 Å². The molecule has 2 aromatic carbocycles. The summed E-state index contributed by atoms with van der Waals surface area (Å²) in [5.41, 5.74) is 1.80. The minimum Gasteiger partial charge on any atom is -0.494 e. The first-order valence-electron chi connectivity index (χ1n) is 8.34. The molecule has 26 heavy (non-hydrogen) atoms. The third-order valence-electron chi connectivity index (χ3n) is 4.40. The Balaban J connectivity index is 1.95. The molecule has 0 aliphatic rings. The Morgan fingerprint density at radius 3 is 2.42 bits per heavy atom. The van der Waals surface area contributed by atoms with Gasteiger partial charge in [-0.2, -0.15) is 0 Å². The fourth-order valence-electron chi connectivity index (χ4n) is 2.70. The van der Waals surface area contributed by atoms with Crippen LogP contribution in [0.15, 0.2) is 42.5 Å². The number of carbonyl (C=O) groups excluding carboxylic acids is 1. The molecule has 0 fully saturated rings. The van der Waals surface area contributed by atoms with E-state index in [0.717, 1.165) is 11.1 Å². The standard InChI is InChI=1S/C20H24ClFN2O2/c1-14(16-6-8-17(21)9-7-16)24(3)20(25)13-23(2)12-15-5-10-19(26-4)18(22)11-15/h5-11,14H,12-13H2,1-4H3. The first-order chi connectivity index (χ1) is 12.3. The van der Waals surface area contributed by atoms with Crippen LogP contribution in [0.25, 0.3) is 0 Å². The van der Waals surface area contributed by atoms with Gasteiger partial charge < -0.3 is 9.64 Å². The molecule has 1 atom stereocenters. The molecule has 0 bridgehead atoms. The molecule has 0 aromatic heterocycles. The van der Waals surface area contributed by atoms with E-state index in [1.54, 1.807) is 24.1 Å². The average molecular weight is 379 g/mol. The van der Waals surface area contributed by atoms with E-state index < -0.39 is 5.82 Å². The molecule has 0 aliphatic carbocycles. The quantitative estimate of drug-likeness (QED) is 0.726. The molecule has 0 spiro atoms. The van der Waals surface area contributed by atoms with E-state index >= 15 is 0 Å². The summed E-state index contributed by atoms with van der Waals surface area (Å²) in [5.74, 6) is -0.203. The van der Waals surface area contributed by atoms with Gasteiger partial charge in [0.05, 0.1) is 19.7 Å². The fraction of sp³-hybridized carbons (Fsp3) is 0.350. The summed E-state index contributed by atoms with van der Waals surface area (Å²) < 4.78 is 18.7. The molecule has 0 heterocycles.